The Kier molecular flexibility index (Phi) is 3.17. The molecule has 22 heavy (non-hydrogen) atoms. The zero-order chi connectivity index (χ0) is 15.1. The second-order valence-electron chi connectivity index (χ2n) is 4.84. The first-order valence-electron chi connectivity index (χ1n) is 6.62. The first kappa shape index (κ1) is 13.4. The van der Waals surface area contributed by atoms with Crippen LogP contribution in [0.3, 0.4) is 0 Å². The van der Waals surface area contributed by atoms with Crippen molar-refractivity contribution in [1.82, 2.24) is 0 Å². The molecule has 0 spiro atoms. The lowest BCUT2D eigenvalue weighted by Crippen LogP contribution is -1.81. The molecule has 0 saturated carbocycles. The summed E-state index contributed by atoms with van der Waals surface area (Å²) in [6.45, 7) is 0. The topological polar surface area (TPSA) is 50.4 Å². The molecule has 0 atom stereocenters. The standard InChI is InChI=1S/C17H10O3S2/c18-12-8-14(16-15(9-12)22-17(19)20-16)21-13-6-5-10-3-1-2-4-11(10)7-13/h1-9,18H. The maximum absolute atomic E-state index is 11.4. The maximum atomic E-state index is 11.4. The van der Waals surface area contributed by atoms with E-state index in [2.05, 4.69) is 24.3 Å². The van der Waals surface area contributed by atoms with Crippen LogP contribution in [0.1, 0.15) is 0 Å². The van der Waals surface area contributed by atoms with Crippen molar-refractivity contribution in [2.45, 2.75) is 9.79 Å². The molecule has 1 N–H and O–H groups in total. The van der Waals surface area contributed by atoms with Crippen molar-refractivity contribution in [3.63, 3.8) is 0 Å². The molecule has 1 aromatic heterocycles. The number of phenolic OH excluding ortho intramolecular Hbond substituents is 1. The summed E-state index contributed by atoms with van der Waals surface area (Å²) in [7, 11) is 0. The average molecular weight is 326 g/mol. The Morgan fingerprint density at radius 1 is 1.00 bits per heavy atom. The Labute approximate surface area is 133 Å². The van der Waals surface area contributed by atoms with Crippen LogP contribution < -0.4 is 4.94 Å². The number of rotatable bonds is 2. The van der Waals surface area contributed by atoms with Gasteiger partial charge in [-0.3, -0.25) is 0 Å². The molecular formula is C17H10O3S2. The molecule has 0 amide bonds. The normalized spacial score (nSPS) is 11.3. The third-order valence-corrected chi connectivity index (χ3v) is 5.12. The minimum Gasteiger partial charge on any atom is -0.508 e. The van der Waals surface area contributed by atoms with Gasteiger partial charge in [-0.15, -0.1) is 0 Å². The van der Waals surface area contributed by atoms with Crippen LogP contribution in [0.25, 0.3) is 21.1 Å². The summed E-state index contributed by atoms with van der Waals surface area (Å²) >= 11 is 2.47. The summed E-state index contributed by atoms with van der Waals surface area (Å²) < 4.78 is 5.91. The van der Waals surface area contributed by atoms with Gasteiger partial charge >= 0.3 is 4.94 Å². The number of fused-ring (bicyclic) bond motifs is 2. The first-order valence-corrected chi connectivity index (χ1v) is 8.26. The smallest absolute Gasteiger partial charge is 0.396 e. The van der Waals surface area contributed by atoms with Gasteiger partial charge in [-0.1, -0.05) is 53.4 Å². The molecule has 3 nitrogen and oxygen atoms in total. The molecule has 3 aromatic carbocycles. The second kappa shape index (κ2) is 5.19. The van der Waals surface area contributed by atoms with Crippen molar-refractivity contribution in [3.8, 4) is 5.75 Å². The fourth-order valence-electron chi connectivity index (χ4n) is 2.37. The van der Waals surface area contributed by atoms with E-state index in [4.69, 9.17) is 4.42 Å². The van der Waals surface area contributed by atoms with Crippen LogP contribution in [0.15, 0.2) is 73.6 Å². The molecule has 108 valence electrons. The van der Waals surface area contributed by atoms with Crippen molar-refractivity contribution in [3.05, 3.63) is 64.3 Å². The Hall–Kier alpha value is -2.24. The van der Waals surface area contributed by atoms with Crippen molar-refractivity contribution >= 4 is 44.2 Å². The Balaban J connectivity index is 1.83. The monoisotopic (exact) mass is 326 g/mol. The highest BCUT2D eigenvalue weighted by Crippen LogP contribution is 2.38. The van der Waals surface area contributed by atoms with Crippen LogP contribution in [0.5, 0.6) is 5.75 Å². The molecule has 0 radical (unpaired) electrons. The van der Waals surface area contributed by atoms with Crippen LogP contribution in [-0.4, -0.2) is 5.11 Å². The molecule has 0 aliphatic carbocycles. The van der Waals surface area contributed by atoms with Gasteiger partial charge in [0.2, 0.25) is 0 Å². The van der Waals surface area contributed by atoms with Gasteiger partial charge in [-0.25, -0.2) is 4.79 Å². The van der Waals surface area contributed by atoms with Gasteiger partial charge in [-0.05, 0) is 29.0 Å². The van der Waals surface area contributed by atoms with Gasteiger partial charge in [0.25, 0.3) is 0 Å². The molecule has 0 aliphatic heterocycles. The summed E-state index contributed by atoms with van der Waals surface area (Å²) in [6.07, 6.45) is 0. The van der Waals surface area contributed by atoms with Crippen molar-refractivity contribution in [2.24, 2.45) is 0 Å². The number of hydrogen-bond donors (Lipinski definition) is 1. The number of phenols is 1. The quantitative estimate of drug-likeness (QED) is 0.571. The highest BCUT2D eigenvalue weighted by molar-refractivity contribution is 7.99. The minimum absolute atomic E-state index is 0.132. The molecule has 0 fully saturated rings. The molecular weight excluding hydrogens is 316 g/mol. The molecule has 0 bridgehead atoms. The van der Waals surface area contributed by atoms with Gasteiger partial charge < -0.3 is 9.52 Å². The van der Waals surface area contributed by atoms with Crippen molar-refractivity contribution in [1.29, 1.82) is 0 Å². The van der Waals surface area contributed by atoms with Gasteiger partial charge in [-0.2, -0.15) is 0 Å². The van der Waals surface area contributed by atoms with Crippen LogP contribution in [0, 0.1) is 0 Å². The SMILES string of the molecule is O=c1oc2c(Sc3ccc4ccccc4c3)cc(O)cc2s1. The fourth-order valence-corrected chi connectivity index (χ4v) is 4.16. The van der Waals surface area contributed by atoms with Crippen molar-refractivity contribution < 1.29 is 9.52 Å². The van der Waals surface area contributed by atoms with Gasteiger partial charge in [0, 0.05) is 11.0 Å². The van der Waals surface area contributed by atoms with E-state index >= 15 is 0 Å². The lowest BCUT2D eigenvalue weighted by Gasteiger charge is -2.05. The van der Waals surface area contributed by atoms with Crippen LogP contribution in [0.4, 0.5) is 0 Å². The largest absolute Gasteiger partial charge is 0.508 e. The zero-order valence-electron chi connectivity index (χ0n) is 11.3. The van der Waals surface area contributed by atoms with Gasteiger partial charge in [0.15, 0.2) is 5.58 Å². The molecule has 0 saturated heterocycles. The fraction of sp³-hybridized carbons (Fsp3) is 0. The molecule has 5 heteroatoms. The lowest BCUT2D eigenvalue weighted by atomic mass is 10.1. The molecule has 4 rings (SSSR count). The second-order valence-corrected chi connectivity index (χ2v) is 6.93. The molecule has 4 aromatic rings. The van der Waals surface area contributed by atoms with E-state index in [1.165, 1.54) is 17.1 Å². The highest BCUT2D eigenvalue weighted by Gasteiger charge is 2.11. The van der Waals surface area contributed by atoms with E-state index in [0.717, 1.165) is 26.5 Å². The average Bonchev–Trinajstić information content (AvgIpc) is 2.87. The summed E-state index contributed by atoms with van der Waals surface area (Å²) in [5.41, 5.74) is 0.533. The number of aromatic hydroxyl groups is 1. The summed E-state index contributed by atoms with van der Waals surface area (Å²) in [4.78, 5) is 12.8. The van der Waals surface area contributed by atoms with E-state index in [0.29, 0.717) is 10.3 Å². The maximum Gasteiger partial charge on any atom is 0.396 e. The zero-order valence-corrected chi connectivity index (χ0v) is 12.9. The lowest BCUT2D eigenvalue weighted by molar-refractivity contribution is 0.474. The molecule has 1 heterocycles. The third kappa shape index (κ3) is 2.38. The summed E-state index contributed by atoms with van der Waals surface area (Å²) in [5.74, 6) is 0.132. The highest BCUT2D eigenvalue weighted by atomic mass is 32.2. The Morgan fingerprint density at radius 3 is 2.68 bits per heavy atom. The Bertz CT molecular complexity index is 1050. The third-order valence-electron chi connectivity index (χ3n) is 3.33. The van der Waals surface area contributed by atoms with Gasteiger partial charge in [0.05, 0.1) is 9.60 Å². The predicted octanol–water partition coefficient (Wildman–Crippen LogP) is 4.86. The molecule has 0 unspecified atom stereocenters. The van der Waals surface area contributed by atoms with E-state index in [1.807, 2.05) is 18.2 Å². The Morgan fingerprint density at radius 2 is 1.82 bits per heavy atom. The van der Waals surface area contributed by atoms with E-state index in [1.54, 1.807) is 12.1 Å². The summed E-state index contributed by atoms with van der Waals surface area (Å²) in [5, 5.41) is 12.1. The van der Waals surface area contributed by atoms with Crippen molar-refractivity contribution in [2.75, 3.05) is 0 Å². The molecule has 0 aliphatic rings. The van der Waals surface area contributed by atoms with E-state index in [-0.39, 0.29) is 10.7 Å². The minimum atomic E-state index is -0.360. The predicted molar refractivity (Wildman–Crippen MR) is 90.1 cm³/mol. The van der Waals surface area contributed by atoms with E-state index < -0.39 is 0 Å². The number of hydrogen-bond acceptors (Lipinski definition) is 5. The van der Waals surface area contributed by atoms with Crippen LogP contribution in [0.2, 0.25) is 0 Å². The first-order chi connectivity index (χ1) is 10.7. The van der Waals surface area contributed by atoms with Crippen LogP contribution in [-0.2, 0) is 0 Å². The van der Waals surface area contributed by atoms with E-state index in [9.17, 15) is 9.90 Å². The number of benzene rings is 3. The van der Waals surface area contributed by atoms with Crippen LogP contribution >= 0.6 is 23.1 Å². The summed E-state index contributed by atoms with van der Waals surface area (Å²) in [6, 6.07) is 17.5. The van der Waals surface area contributed by atoms with Gasteiger partial charge in [0.1, 0.15) is 5.75 Å².